The Bertz CT molecular complexity index is 802. The summed E-state index contributed by atoms with van der Waals surface area (Å²) in [5.74, 6) is -0.287. The minimum absolute atomic E-state index is 0.219. The highest BCUT2D eigenvalue weighted by molar-refractivity contribution is 5.78. The van der Waals surface area contributed by atoms with Crippen LogP contribution in [0.2, 0.25) is 0 Å². The molecule has 3 N–H and O–H groups in total. The fraction of sp³-hybridized carbons (Fsp3) is 0.409. The molecule has 150 valence electrons. The Labute approximate surface area is 167 Å². The number of rotatable bonds is 6. The van der Waals surface area contributed by atoms with Crippen LogP contribution in [0.5, 0.6) is 0 Å². The van der Waals surface area contributed by atoms with Crippen molar-refractivity contribution in [3.05, 3.63) is 60.2 Å². The summed E-state index contributed by atoms with van der Waals surface area (Å²) >= 11 is 0. The molecule has 0 aromatic heterocycles. The molecule has 0 spiro atoms. The van der Waals surface area contributed by atoms with Gasteiger partial charge in [0.05, 0.1) is 13.1 Å². The van der Waals surface area contributed by atoms with E-state index in [0.717, 1.165) is 37.4 Å². The van der Waals surface area contributed by atoms with Gasteiger partial charge in [0.15, 0.2) is 12.2 Å². The van der Waals surface area contributed by atoms with Crippen LogP contribution in [0, 0.1) is 0 Å². The van der Waals surface area contributed by atoms with Crippen LogP contribution in [0.25, 0.3) is 0 Å². The lowest BCUT2D eigenvalue weighted by Crippen LogP contribution is -2.69. The minimum Gasteiger partial charge on any atom is -0.365 e. The molecule has 6 heteroatoms. The van der Waals surface area contributed by atoms with Crippen molar-refractivity contribution in [3.8, 4) is 0 Å². The number of nitrogens with two attached hydrogens (primary N) is 1. The van der Waals surface area contributed by atoms with Crippen LogP contribution in [-0.4, -0.2) is 69.4 Å². The van der Waals surface area contributed by atoms with E-state index in [1.807, 2.05) is 30.3 Å². The van der Waals surface area contributed by atoms with E-state index >= 15 is 0 Å². The number of hydrogen-bond acceptors (Lipinski definition) is 3. The highest BCUT2D eigenvalue weighted by Gasteiger charge is 2.44. The Kier molecular flexibility index (Phi) is 5.86. The van der Waals surface area contributed by atoms with Gasteiger partial charge in [-0.25, -0.2) is 5.21 Å². The topological polar surface area (TPSA) is 66.6 Å². The second-order valence-corrected chi connectivity index (χ2v) is 8.40. The van der Waals surface area contributed by atoms with Gasteiger partial charge in [0.1, 0.15) is 25.8 Å². The summed E-state index contributed by atoms with van der Waals surface area (Å²) in [5.41, 5.74) is 8.86. The van der Waals surface area contributed by atoms with Gasteiger partial charge in [-0.3, -0.25) is 14.2 Å². The number of quaternary nitrogens is 2. The van der Waals surface area contributed by atoms with E-state index in [9.17, 15) is 10.0 Å². The third-order valence-electron chi connectivity index (χ3n) is 5.85. The van der Waals surface area contributed by atoms with E-state index in [-0.39, 0.29) is 23.1 Å². The maximum absolute atomic E-state index is 12.1. The maximum atomic E-state index is 12.1. The molecular formula is C22H32N4O2+2. The lowest BCUT2D eigenvalue weighted by Gasteiger charge is -2.49. The zero-order valence-electron chi connectivity index (χ0n) is 17.1. The molecule has 0 aliphatic carbocycles. The van der Waals surface area contributed by atoms with Crippen molar-refractivity contribution >= 4 is 17.3 Å². The zero-order valence-corrected chi connectivity index (χ0v) is 17.1. The lowest BCUT2D eigenvalue weighted by molar-refractivity contribution is -0.120. The molecule has 1 fully saturated rings. The van der Waals surface area contributed by atoms with E-state index in [1.54, 1.807) is 14.1 Å². The summed E-state index contributed by atoms with van der Waals surface area (Å²) in [6.45, 7) is 2.91. The van der Waals surface area contributed by atoms with Crippen LogP contribution in [0.1, 0.15) is 5.56 Å². The van der Waals surface area contributed by atoms with E-state index in [4.69, 9.17) is 5.73 Å². The van der Waals surface area contributed by atoms with E-state index in [1.165, 1.54) is 5.56 Å². The molecule has 1 heterocycles. The SMILES string of the molecule is CN1CC[N+](CC(N)=O)(c2ccc([N+](C)(C)O)cc2)C(Cc2ccccc2)C1. The number of amides is 1. The van der Waals surface area contributed by atoms with Crippen molar-refractivity contribution in [3.63, 3.8) is 0 Å². The smallest absolute Gasteiger partial charge is 0.273 e. The lowest BCUT2D eigenvalue weighted by atomic mass is 9.97. The number of hydrogen-bond donors (Lipinski definition) is 2. The predicted molar refractivity (Wildman–Crippen MR) is 114 cm³/mol. The van der Waals surface area contributed by atoms with E-state index in [2.05, 4.69) is 36.2 Å². The van der Waals surface area contributed by atoms with Crippen molar-refractivity contribution in [1.82, 2.24) is 14.0 Å². The average molecular weight is 385 g/mol. The van der Waals surface area contributed by atoms with Crippen molar-refractivity contribution in [1.29, 1.82) is 0 Å². The molecule has 1 aliphatic heterocycles. The molecule has 2 atom stereocenters. The van der Waals surface area contributed by atoms with Gasteiger partial charge in [0.25, 0.3) is 5.91 Å². The van der Waals surface area contributed by atoms with Gasteiger partial charge in [0, 0.05) is 37.2 Å². The van der Waals surface area contributed by atoms with E-state index < -0.39 is 0 Å². The Morgan fingerprint density at radius 2 is 1.82 bits per heavy atom. The van der Waals surface area contributed by atoms with Crippen LogP contribution >= 0.6 is 0 Å². The van der Waals surface area contributed by atoms with Gasteiger partial charge in [-0.15, -0.1) is 0 Å². The van der Waals surface area contributed by atoms with Crippen LogP contribution in [-0.2, 0) is 11.2 Å². The van der Waals surface area contributed by atoms with Crippen LogP contribution in [0.4, 0.5) is 11.4 Å². The number of piperazine rings is 1. The summed E-state index contributed by atoms with van der Waals surface area (Å²) in [6, 6.07) is 18.6. The Morgan fingerprint density at radius 3 is 2.39 bits per heavy atom. The van der Waals surface area contributed by atoms with Crippen LogP contribution < -0.4 is 14.9 Å². The number of hydroxylamine groups is 2. The third-order valence-corrected chi connectivity index (χ3v) is 5.85. The fourth-order valence-electron chi connectivity index (χ4n) is 4.30. The van der Waals surface area contributed by atoms with Gasteiger partial charge in [0.2, 0.25) is 0 Å². The molecule has 28 heavy (non-hydrogen) atoms. The molecule has 0 radical (unpaired) electrons. The molecule has 3 rings (SSSR count). The monoisotopic (exact) mass is 384 g/mol. The molecule has 6 nitrogen and oxygen atoms in total. The maximum Gasteiger partial charge on any atom is 0.273 e. The molecular weight excluding hydrogens is 352 g/mol. The Hall–Kier alpha value is -2.25. The fourth-order valence-corrected chi connectivity index (χ4v) is 4.30. The van der Waals surface area contributed by atoms with Crippen LogP contribution in [0.3, 0.4) is 0 Å². The summed E-state index contributed by atoms with van der Waals surface area (Å²) in [4.78, 5) is 14.4. The minimum atomic E-state index is -0.287. The largest absolute Gasteiger partial charge is 0.365 e. The third kappa shape index (κ3) is 4.42. The summed E-state index contributed by atoms with van der Waals surface area (Å²) < 4.78 is 0.319. The summed E-state index contributed by atoms with van der Waals surface area (Å²) in [7, 11) is 5.57. The number of nitrogens with zero attached hydrogens (tertiary/aromatic N) is 3. The number of primary amides is 1. The van der Waals surface area contributed by atoms with Gasteiger partial charge >= 0.3 is 0 Å². The van der Waals surface area contributed by atoms with Gasteiger partial charge in [-0.05, 0) is 12.6 Å². The second kappa shape index (κ2) is 8.01. The van der Waals surface area contributed by atoms with Crippen LogP contribution in [0.15, 0.2) is 54.6 Å². The highest BCUT2D eigenvalue weighted by Crippen LogP contribution is 2.33. The molecule has 1 amide bonds. The molecule has 2 aromatic carbocycles. The first-order valence-corrected chi connectivity index (χ1v) is 9.76. The summed E-state index contributed by atoms with van der Waals surface area (Å²) in [6.07, 6.45) is 0.877. The Balaban J connectivity index is 2.02. The van der Waals surface area contributed by atoms with Gasteiger partial charge in [-0.2, -0.15) is 4.65 Å². The van der Waals surface area contributed by atoms with Crippen molar-refractivity contribution in [2.24, 2.45) is 5.73 Å². The number of carbonyl (C=O) groups is 1. The molecule has 0 saturated carbocycles. The highest BCUT2D eigenvalue weighted by atomic mass is 16.5. The molecule has 1 saturated heterocycles. The molecule has 0 bridgehead atoms. The average Bonchev–Trinajstić information content (AvgIpc) is 2.64. The van der Waals surface area contributed by atoms with Crippen molar-refractivity contribution in [2.45, 2.75) is 12.5 Å². The molecule has 2 unspecified atom stereocenters. The standard InChI is InChI=1S/C22H31N4O2/c1-24-13-14-26(17-22(23)27,20-11-9-19(10-12-20)25(2,3)28)21(16-24)15-18-7-5-4-6-8-18/h4-12,21,28H,13-17H2,1-3H3,(H-,23,27)/q+1/p+1. The quantitative estimate of drug-likeness (QED) is 0.591. The van der Waals surface area contributed by atoms with Crippen molar-refractivity contribution < 1.29 is 10.0 Å². The first-order valence-electron chi connectivity index (χ1n) is 9.76. The predicted octanol–water partition coefficient (Wildman–Crippen LogP) is 1.99. The molecule has 2 aromatic rings. The first-order chi connectivity index (χ1) is 13.2. The number of likely N-dealkylation sites (N-methyl/N-ethyl adjacent to an activating group) is 1. The zero-order chi connectivity index (χ0) is 20.4. The second-order valence-electron chi connectivity index (χ2n) is 8.40. The van der Waals surface area contributed by atoms with Gasteiger partial charge < -0.3 is 5.73 Å². The Morgan fingerprint density at radius 1 is 1.18 bits per heavy atom. The van der Waals surface area contributed by atoms with Crippen molar-refractivity contribution in [2.75, 3.05) is 47.3 Å². The number of carbonyl (C=O) groups excluding carboxylic acids is 1. The normalized spacial score (nSPS) is 23.5. The summed E-state index contributed by atoms with van der Waals surface area (Å²) in [5, 5.41) is 10.2. The molecule has 1 aliphatic rings. The first kappa shape index (κ1) is 20.5. The number of benzene rings is 2. The van der Waals surface area contributed by atoms with Gasteiger partial charge in [-0.1, -0.05) is 30.3 Å². The van der Waals surface area contributed by atoms with E-state index in [0.29, 0.717) is 4.48 Å².